The maximum Gasteiger partial charge on any atom is 0.325 e. The van der Waals surface area contributed by atoms with E-state index < -0.39 is 12.0 Å². The third-order valence-corrected chi connectivity index (χ3v) is 4.41. The summed E-state index contributed by atoms with van der Waals surface area (Å²) in [4.78, 5) is 45.0. The highest BCUT2D eigenvalue weighted by atomic mass is 16.5. The van der Waals surface area contributed by atoms with E-state index in [9.17, 15) is 14.4 Å². The van der Waals surface area contributed by atoms with Crippen molar-refractivity contribution in [3.8, 4) is 17.1 Å². The van der Waals surface area contributed by atoms with Crippen molar-refractivity contribution in [1.29, 1.82) is 0 Å². The lowest BCUT2D eigenvalue weighted by Crippen LogP contribution is -2.46. The van der Waals surface area contributed by atoms with Crippen molar-refractivity contribution in [2.24, 2.45) is 0 Å². The molecule has 1 aliphatic rings. The van der Waals surface area contributed by atoms with E-state index in [1.165, 1.54) is 4.90 Å². The second-order valence-corrected chi connectivity index (χ2v) is 6.20. The van der Waals surface area contributed by atoms with Crippen LogP contribution in [0.2, 0.25) is 0 Å². The first-order valence-corrected chi connectivity index (χ1v) is 8.96. The highest BCUT2D eigenvalue weighted by Gasteiger charge is 2.25. The molecule has 1 aliphatic heterocycles. The number of methoxy groups -OCH3 is 1. The van der Waals surface area contributed by atoms with Gasteiger partial charge in [-0.15, -0.1) is 0 Å². The fourth-order valence-electron chi connectivity index (χ4n) is 2.96. The Balaban J connectivity index is 1.72. The molecule has 2 aromatic rings. The summed E-state index contributed by atoms with van der Waals surface area (Å²) in [6, 6.07) is 6.81. The zero-order valence-electron chi connectivity index (χ0n) is 15.8. The van der Waals surface area contributed by atoms with Crippen LogP contribution in [0.4, 0.5) is 4.79 Å². The Morgan fingerprint density at radius 1 is 1.29 bits per heavy atom. The summed E-state index contributed by atoms with van der Waals surface area (Å²) in [5.41, 5.74) is 1.62. The molecule has 2 N–H and O–H groups in total. The van der Waals surface area contributed by atoms with E-state index in [4.69, 9.17) is 9.47 Å². The first kappa shape index (κ1) is 19.4. The largest absolute Gasteiger partial charge is 0.497 e. The van der Waals surface area contributed by atoms with Gasteiger partial charge in [0.05, 0.1) is 31.5 Å². The summed E-state index contributed by atoms with van der Waals surface area (Å²) in [6.45, 7) is 2.28. The summed E-state index contributed by atoms with van der Waals surface area (Å²) in [6.07, 6.45) is 0.454. The van der Waals surface area contributed by atoms with Gasteiger partial charge >= 0.3 is 12.0 Å². The molecule has 1 aromatic carbocycles. The molecular formula is C19H22N4O5. The van der Waals surface area contributed by atoms with Crippen LogP contribution in [0.15, 0.2) is 29.1 Å². The number of urea groups is 1. The lowest BCUT2D eigenvalue weighted by atomic mass is 10.1. The number of hydrogen-bond donors (Lipinski definition) is 2. The van der Waals surface area contributed by atoms with Crippen molar-refractivity contribution in [2.75, 3.05) is 26.8 Å². The molecule has 9 nitrogen and oxygen atoms in total. The molecule has 2 amide bonds. The highest BCUT2D eigenvalue weighted by molar-refractivity contribution is 5.81. The molecule has 0 spiro atoms. The van der Waals surface area contributed by atoms with E-state index >= 15 is 0 Å². The maximum absolute atomic E-state index is 12.5. The van der Waals surface area contributed by atoms with Gasteiger partial charge in [-0.05, 0) is 31.2 Å². The van der Waals surface area contributed by atoms with Gasteiger partial charge < -0.3 is 24.7 Å². The summed E-state index contributed by atoms with van der Waals surface area (Å²) >= 11 is 0. The number of benzene rings is 1. The van der Waals surface area contributed by atoms with Gasteiger partial charge in [0.15, 0.2) is 0 Å². The molecule has 0 saturated carbocycles. The third-order valence-electron chi connectivity index (χ3n) is 4.41. The summed E-state index contributed by atoms with van der Waals surface area (Å²) in [5.74, 6) is 0.692. The van der Waals surface area contributed by atoms with E-state index in [1.807, 2.05) is 12.1 Å². The SMILES string of the molecule is CCOC(=O)CNC(=O)N1CCc2nc(-c3ccc(OC)cc3)[nH]c(=O)c2C1. The molecule has 0 fully saturated rings. The number of carbonyl (C=O) groups excluding carboxylic acids is 2. The maximum atomic E-state index is 12.5. The minimum atomic E-state index is -0.503. The zero-order valence-corrected chi connectivity index (χ0v) is 15.8. The number of ether oxygens (including phenoxy) is 2. The van der Waals surface area contributed by atoms with Crippen molar-refractivity contribution < 1.29 is 19.1 Å². The lowest BCUT2D eigenvalue weighted by Gasteiger charge is -2.27. The normalized spacial score (nSPS) is 12.9. The Bertz CT molecular complexity index is 923. The Hall–Kier alpha value is -3.36. The van der Waals surface area contributed by atoms with Crippen molar-refractivity contribution >= 4 is 12.0 Å². The molecule has 0 aliphatic carbocycles. The van der Waals surface area contributed by atoms with Crippen molar-refractivity contribution in [3.63, 3.8) is 0 Å². The number of nitrogens with one attached hydrogen (secondary N) is 2. The molecule has 3 rings (SSSR count). The van der Waals surface area contributed by atoms with Crippen LogP contribution in [-0.2, 0) is 22.5 Å². The molecule has 148 valence electrons. The van der Waals surface area contributed by atoms with Crippen LogP contribution in [-0.4, -0.2) is 53.7 Å². The Morgan fingerprint density at radius 2 is 2.04 bits per heavy atom. The number of amides is 2. The fraction of sp³-hybridized carbons (Fsp3) is 0.368. The monoisotopic (exact) mass is 386 g/mol. The number of aromatic amines is 1. The van der Waals surface area contributed by atoms with E-state index in [2.05, 4.69) is 15.3 Å². The Morgan fingerprint density at radius 3 is 2.71 bits per heavy atom. The second kappa shape index (κ2) is 8.55. The van der Waals surface area contributed by atoms with Gasteiger partial charge in [0.2, 0.25) is 0 Å². The first-order chi connectivity index (χ1) is 13.5. The van der Waals surface area contributed by atoms with Gasteiger partial charge in [-0.2, -0.15) is 0 Å². The van der Waals surface area contributed by atoms with Crippen LogP contribution in [0, 0.1) is 0 Å². The van der Waals surface area contributed by atoms with Crippen LogP contribution in [0.5, 0.6) is 5.75 Å². The smallest absolute Gasteiger partial charge is 0.325 e. The number of fused-ring (bicyclic) bond motifs is 1. The van der Waals surface area contributed by atoms with Gasteiger partial charge in [0, 0.05) is 18.5 Å². The summed E-state index contributed by atoms with van der Waals surface area (Å²) in [5, 5.41) is 2.50. The molecule has 9 heteroatoms. The van der Waals surface area contributed by atoms with E-state index in [0.29, 0.717) is 35.8 Å². The molecule has 1 aromatic heterocycles. The predicted molar refractivity (Wildman–Crippen MR) is 101 cm³/mol. The number of hydrogen-bond acceptors (Lipinski definition) is 6. The topological polar surface area (TPSA) is 114 Å². The van der Waals surface area contributed by atoms with Gasteiger partial charge in [0.1, 0.15) is 18.1 Å². The minimum absolute atomic E-state index is 0.134. The molecule has 2 heterocycles. The molecular weight excluding hydrogens is 364 g/mol. The fourth-order valence-corrected chi connectivity index (χ4v) is 2.96. The van der Waals surface area contributed by atoms with E-state index in [0.717, 1.165) is 5.56 Å². The number of nitrogens with zero attached hydrogens (tertiary/aromatic N) is 2. The zero-order chi connectivity index (χ0) is 20.1. The molecule has 28 heavy (non-hydrogen) atoms. The summed E-state index contributed by atoms with van der Waals surface area (Å²) in [7, 11) is 1.59. The average molecular weight is 386 g/mol. The minimum Gasteiger partial charge on any atom is -0.497 e. The third kappa shape index (κ3) is 4.30. The second-order valence-electron chi connectivity index (χ2n) is 6.20. The quantitative estimate of drug-likeness (QED) is 0.744. The van der Waals surface area contributed by atoms with E-state index in [-0.39, 0.29) is 25.3 Å². The van der Waals surface area contributed by atoms with Gasteiger partial charge in [0.25, 0.3) is 5.56 Å². The van der Waals surface area contributed by atoms with Crippen molar-refractivity contribution in [1.82, 2.24) is 20.2 Å². The van der Waals surface area contributed by atoms with Crippen LogP contribution in [0.25, 0.3) is 11.4 Å². The number of H-pyrrole nitrogens is 1. The van der Waals surface area contributed by atoms with Gasteiger partial charge in [-0.3, -0.25) is 9.59 Å². The molecule has 0 unspecified atom stereocenters. The standard InChI is InChI=1S/C19H22N4O5/c1-3-28-16(24)10-20-19(26)23-9-8-15-14(11-23)18(25)22-17(21-15)12-4-6-13(27-2)7-5-12/h4-7H,3,8-11H2,1-2H3,(H,20,26)(H,21,22,25). The van der Waals surface area contributed by atoms with Gasteiger partial charge in [-0.1, -0.05) is 0 Å². The first-order valence-electron chi connectivity index (χ1n) is 8.96. The molecule has 0 radical (unpaired) electrons. The number of carbonyl (C=O) groups is 2. The average Bonchev–Trinajstić information content (AvgIpc) is 2.72. The molecule has 0 saturated heterocycles. The Kier molecular flexibility index (Phi) is 5.93. The number of rotatable bonds is 5. The van der Waals surface area contributed by atoms with Crippen molar-refractivity contribution in [3.05, 3.63) is 45.9 Å². The summed E-state index contributed by atoms with van der Waals surface area (Å²) < 4.78 is 9.92. The Labute approximate surface area is 161 Å². The highest BCUT2D eigenvalue weighted by Crippen LogP contribution is 2.21. The van der Waals surface area contributed by atoms with Crippen LogP contribution in [0.1, 0.15) is 18.2 Å². The van der Waals surface area contributed by atoms with Crippen LogP contribution in [0.3, 0.4) is 0 Å². The molecule has 0 bridgehead atoms. The van der Waals surface area contributed by atoms with Crippen LogP contribution >= 0.6 is 0 Å². The lowest BCUT2D eigenvalue weighted by molar-refractivity contribution is -0.141. The number of esters is 1. The van der Waals surface area contributed by atoms with E-state index in [1.54, 1.807) is 26.2 Å². The number of aromatic nitrogens is 2. The predicted octanol–water partition coefficient (Wildman–Crippen LogP) is 1.08. The van der Waals surface area contributed by atoms with Gasteiger partial charge in [-0.25, -0.2) is 9.78 Å². The molecule has 0 atom stereocenters. The van der Waals surface area contributed by atoms with Crippen LogP contribution < -0.4 is 15.6 Å². The van der Waals surface area contributed by atoms with Crippen molar-refractivity contribution in [2.45, 2.75) is 19.9 Å².